The zero-order valence-corrected chi connectivity index (χ0v) is 16.0. The van der Waals surface area contributed by atoms with E-state index in [1.165, 1.54) is 11.1 Å². The number of amides is 2. The molecule has 0 bridgehead atoms. The van der Waals surface area contributed by atoms with Gasteiger partial charge in [0.25, 0.3) is 11.8 Å². The van der Waals surface area contributed by atoms with E-state index >= 15 is 0 Å². The van der Waals surface area contributed by atoms with Crippen molar-refractivity contribution in [3.05, 3.63) is 70.3 Å². The van der Waals surface area contributed by atoms with Crippen LogP contribution in [-0.4, -0.2) is 41.6 Å². The van der Waals surface area contributed by atoms with Gasteiger partial charge in [0.05, 0.1) is 11.1 Å². The molecule has 0 N–H and O–H groups in total. The van der Waals surface area contributed by atoms with E-state index in [2.05, 4.69) is 0 Å². The molecule has 0 saturated carbocycles. The Morgan fingerprint density at radius 2 is 1.62 bits per heavy atom. The number of carbonyl (C=O) groups is 4. The fraction of sp³-hybridized carbons (Fsp3) is 0.304. The van der Waals surface area contributed by atoms with Crippen molar-refractivity contribution in [1.82, 2.24) is 4.90 Å². The molecule has 0 unspecified atom stereocenters. The number of esters is 1. The molecule has 2 aromatic carbocycles. The first kappa shape index (κ1) is 19.1. The summed E-state index contributed by atoms with van der Waals surface area (Å²) < 4.78 is 5.08. The van der Waals surface area contributed by atoms with Gasteiger partial charge < -0.3 is 4.74 Å². The van der Waals surface area contributed by atoms with Crippen LogP contribution in [0.4, 0.5) is 0 Å². The van der Waals surface area contributed by atoms with Crippen LogP contribution >= 0.6 is 0 Å². The molecule has 2 aliphatic rings. The highest BCUT2D eigenvalue weighted by Crippen LogP contribution is 2.24. The first-order valence-corrected chi connectivity index (χ1v) is 9.80. The van der Waals surface area contributed by atoms with Crippen LogP contribution < -0.4 is 0 Å². The molecule has 0 fully saturated rings. The normalized spacial score (nSPS) is 14.7. The standard InChI is InChI=1S/C23H21NO5/c25-20(17-11-10-15-5-3-6-16(15)13-17)14-29-21(26)9-4-12-24-22(27)18-7-1-2-8-19(18)23(24)28/h1-2,7-8,10-11,13H,3-6,9,12,14H2. The summed E-state index contributed by atoms with van der Waals surface area (Å²) in [6.45, 7) is -0.162. The predicted octanol–water partition coefficient (Wildman–Crippen LogP) is 2.98. The molecule has 148 valence electrons. The fourth-order valence-electron chi connectivity index (χ4n) is 3.87. The van der Waals surface area contributed by atoms with Gasteiger partial charge in [0.15, 0.2) is 12.4 Å². The van der Waals surface area contributed by atoms with Crippen LogP contribution in [0.25, 0.3) is 0 Å². The SMILES string of the molecule is O=C(CCCN1C(=O)c2ccccc2C1=O)OCC(=O)c1ccc2c(c1)CCC2. The van der Waals surface area contributed by atoms with Crippen molar-refractivity contribution in [3.8, 4) is 0 Å². The maximum Gasteiger partial charge on any atom is 0.306 e. The van der Waals surface area contributed by atoms with Gasteiger partial charge in [-0.3, -0.25) is 24.1 Å². The highest BCUT2D eigenvalue weighted by atomic mass is 16.5. The van der Waals surface area contributed by atoms with Crippen LogP contribution in [-0.2, 0) is 22.4 Å². The number of nitrogens with zero attached hydrogens (tertiary/aromatic N) is 1. The lowest BCUT2D eigenvalue weighted by Gasteiger charge is -2.13. The minimum atomic E-state index is -0.517. The molecule has 0 radical (unpaired) electrons. The Hall–Kier alpha value is -3.28. The lowest BCUT2D eigenvalue weighted by molar-refractivity contribution is -0.142. The minimum Gasteiger partial charge on any atom is -0.457 e. The summed E-state index contributed by atoms with van der Waals surface area (Å²) in [5, 5.41) is 0. The van der Waals surface area contributed by atoms with Gasteiger partial charge in [-0.1, -0.05) is 24.3 Å². The third-order valence-corrected chi connectivity index (χ3v) is 5.43. The third-order valence-electron chi connectivity index (χ3n) is 5.43. The Kier molecular flexibility index (Phi) is 5.25. The lowest BCUT2D eigenvalue weighted by Crippen LogP contribution is -2.31. The number of fused-ring (bicyclic) bond motifs is 2. The van der Waals surface area contributed by atoms with E-state index in [-0.39, 0.29) is 43.6 Å². The van der Waals surface area contributed by atoms with Crippen LogP contribution in [0.1, 0.15) is 61.5 Å². The summed E-state index contributed by atoms with van der Waals surface area (Å²) in [5.41, 5.74) is 3.82. The lowest BCUT2D eigenvalue weighted by atomic mass is 10.0. The highest BCUT2D eigenvalue weighted by molar-refractivity contribution is 6.21. The monoisotopic (exact) mass is 391 g/mol. The Morgan fingerprint density at radius 1 is 0.931 bits per heavy atom. The average Bonchev–Trinajstić information content (AvgIpc) is 3.30. The first-order chi connectivity index (χ1) is 14.0. The second-order valence-corrected chi connectivity index (χ2v) is 7.33. The van der Waals surface area contributed by atoms with Crippen molar-refractivity contribution < 1.29 is 23.9 Å². The van der Waals surface area contributed by atoms with E-state index in [4.69, 9.17) is 4.74 Å². The van der Waals surface area contributed by atoms with Crippen LogP contribution in [0.5, 0.6) is 0 Å². The smallest absolute Gasteiger partial charge is 0.306 e. The summed E-state index contributed by atoms with van der Waals surface area (Å²) in [6, 6.07) is 12.3. The maximum atomic E-state index is 12.3. The molecule has 0 spiro atoms. The number of hydrogen-bond donors (Lipinski definition) is 0. The number of ketones is 1. The van der Waals surface area contributed by atoms with Gasteiger partial charge in [-0.15, -0.1) is 0 Å². The number of aryl methyl sites for hydroxylation is 2. The molecular formula is C23H21NO5. The van der Waals surface area contributed by atoms with Crippen molar-refractivity contribution in [2.75, 3.05) is 13.2 Å². The predicted molar refractivity (Wildman–Crippen MR) is 105 cm³/mol. The van der Waals surface area contributed by atoms with Gasteiger partial charge in [0.2, 0.25) is 0 Å². The molecular weight excluding hydrogens is 370 g/mol. The molecule has 1 aliphatic carbocycles. The molecule has 6 nitrogen and oxygen atoms in total. The molecule has 0 atom stereocenters. The topological polar surface area (TPSA) is 80.8 Å². The molecule has 1 aliphatic heterocycles. The van der Waals surface area contributed by atoms with Crippen molar-refractivity contribution >= 4 is 23.6 Å². The minimum absolute atomic E-state index is 0.0326. The van der Waals surface area contributed by atoms with E-state index in [1.807, 2.05) is 12.1 Å². The Morgan fingerprint density at radius 3 is 2.34 bits per heavy atom. The molecule has 29 heavy (non-hydrogen) atoms. The summed E-state index contributed by atoms with van der Waals surface area (Å²) in [4.78, 5) is 49.9. The van der Waals surface area contributed by atoms with Crippen molar-refractivity contribution in [2.45, 2.75) is 32.1 Å². The molecule has 4 rings (SSSR count). The number of ether oxygens (including phenoxy) is 1. The van der Waals surface area contributed by atoms with Crippen molar-refractivity contribution in [3.63, 3.8) is 0 Å². The van der Waals surface area contributed by atoms with Gasteiger partial charge in [0, 0.05) is 18.5 Å². The van der Waals surface area contributed by atoms with Gasteiger partial charge in [0.1, 0.15) is 0 Å². The highest BCUT2D eigenvalue weighted by Gasteiger charge is 2.34. The van der Waals surface area contributed by atoms with Crippen molar-refractivity contribution in [1.29, 1.82) is 0 Å². The van der Waals surface area contributed by atoms with Crippen LogP contribution in [0.15, 0.2) is 42.5 Å². The Balaban J connectivity index is 1.23. The van der Waals surface area contributed by atoms with Crippen molar-refractivity contribution in [2.24, 2.45) is 0 Å². The third kappa shape index (κ3) is 3.83. The number of hydrogen-bond acceptors (Lipinski definition) is 5. The van der Waals surface area contributed by atoms with E-state index in [9.17, 15) is 19.2 Å². The average molecular weight is 391 g/mol. The molecule has 2 amide bonds. The fourth-order valence-corrected chi connectivity index (χ4v) is 3.87. The number of carbonyl (C=O) groups excluding carboxylic acids is 4. The van der Waals surface area contributed by atoms with E-state index < -0.39 is 5.97 Å². The van der Waals surface area contributed by atoms with Crippen LogP contribution in [0, 0.1) is 0 Å². The van der Waals surface area contributed by atoms with E-state index in [0.717, 1.165) is 24.2 Å². The van der Waals surface area contributed by atoms with Gasteiger partial charge >= 0.3 is 5.97 Å². The number of benzene rings is 2. The second-order valence-electron chi connectivity index (χ2n) is 7.33. The van der Waals surface area contributed by atoms with Gasteiger partial charge in [-0.25, -0.2) is 0 Å². The largest absolute Gasteiger partial charge is 0.457 e. The number of imide groups is 1. The number of Topliss-reactive ketones (excluding diaryl/α,β-unsaturated/α-hetero) is 1. The summed E-state index contributed by atoms with van der Waals surface area (Å²) >= 11 is 0. The van der Waals surface area contributed by atoms with E-state index in [0.29, 0.717) is 16.7 Å². The van der Waals surface area contributed by atoms with E-state index in [1.54, 1.807) is 30.3 Å². The molecule has 6 heteroatoms. The molecule has 1 heterocycles. The molecule has 0 aromatic heterocycles. The second kappa shape index (κ2) is 7.99. The molecule has 2 aromatic rings. The quantitative estimate of drug-likeness (QED) is 0.412. The summed E-state index contributed by atoms with van der Waals surface area (Å²) in [7, 11) is 0. The zero-order valence-electron chi connectivity index (χ0n) is 16.0. The van der Waals surface area contributed by atoms with Crippen LogP contribution in [0.2, 0.25) is 0 Å². The summed E-state index contributed by atoms with van der Waals surface area (Å²) in [5.74, 6) is -1.43. The maximum absolute atomic E-state index is 12.3. The Bertz CT molecular complexity index is 975. The Labute approximate surface area is 168 Å². The first-order valence-electron chi connectivity index (χ1n) is 9.80. The van der Waals surface area contributed by atoms with Gasteiger partial charge in [-0.2, -0.15) is 0 Å². The zero-order chi connectivity index (χ0) is 20.4. The number of rotatable bonds is 7. The molecule has 0 saturated heterocycles. The summed E-state index contributed by atoms with van der Waals surface area (Å²) in [6.07, 6.45) is 3.46. The van der Waals surface area contributed by atoms with Crippen LogP contribution in [0.3, 0.4) is 0 Å². The van der Waals surface area contributed by atoms with Gasteiger partial charge in [-0.05, 0) is 55.0 Å².